The Balaban J connectivity index is 2.11. The van der Waals surface area contributed by atoms with Gasteiger partial charge in [-0.15, -0.1) is 0 Å². The molecule has 0 aromatic rings. The molecule has 1 atom stereocenters. The second-order valence-electron chi connectivity index (χ2n) is 6.43. The van der Waals surface area contributed by atoms with Crippen LogP contribution in [0.5, 0.6) is 0 Å². The molecule has 1 heterocycles. The minimum Gasteiger partial charge on any atom is -0.381 e. The molecule has 0 aromatic carbocycles. The van der Waals surface area contributed by atoms with Gasteiger partial charge in [0.25, 0.3) is 0 Å². The summed E-state index contributed by atoms with van der Waals surface area (Å²) in [7, 11) is 4.29. The van der Waals surface area contributed by atoms with E-state index in [-0.39, 0.29) is 0 Å². The van der Waals surface area contributed by atoms with Crippen LogP contribution in [0.2, 0.25) is 0 Å². The third kappa shape index (κ3) is 8.58. The maximum absolute atomic E-state index is 5.40. The van der Waals surface area contributed by atoms with Gasteiger partial charge in [0.2, 0.25) is 0 Å². The van der Waals surface area contributed by atoms with Gasteiger partial charge >= 0.3 is 0 Å². The van der Waals surface area contributed by atoms with Gasteiger partial charge in [-0.3, -0.25) is 0 Å². The normalized spacial score (nSPS) is 20.1. The third-order valence-electron chi connectivity index (χ3n) is 3.55. The van der Waals surface area contributed by atoms with Crippen LogP contribution in [0.15, 0.2) is 0 Å². The van der Waals surface area contributed by atoms with Crippen LogP contribution in [-0.4, -0.2) is 76.4 Å². The van der Waals surface area contributed by atoms with Crippen molar-refractivity contribution in [2.75, 3.05) is 66.6 Å². The van der Waals surface area contributed by atoms with Gasteiger partial charge < -0.3 is 19.9 Å². The molecular weight excluding hydrogens is 238 g/mol. The summed E-state index contributed by atoms with van der Waals surface area (Å²) in [5, 5.41) is 3.58. The van der Waals surface area contributed by atoms with Crippen molar-refractivity contribution in [3.05, 3.63) is 0 Å². The number of ether oxygens (including phenoxy) is 1. The maximum Gasteiger partial charge on any atom is 0.0507 e. The van der Waals surface area contributed by atoms with Gasteiger partial charge in [0, 0.05) is 45.9 Å². The molecule has 1 aliphatic heterocycles. The zero-order valence-electron chi connectivity index (χ0n) is 13.3. The SMILES string of the molecule is CC(C)CN(CCNCC1CCOC1)CCN(C)C. The maximum atomic E-state index is 5.40. The standard InChI is InChI=1S/C15H33N3O/c1-14(2)12-18(9-8-17(3)4)7-6-16-11-15-5-10-19-13-15/h14-16H,5-13H2,1-4H3. The van der Waals surface area contributed by atoms with Gasteiger partial charge in [0.05, 0.1) is 6.61 Å². The van der Waals surface area contributed by atoms with E-state index in [4.69, 9.17) is 4.74 Å². The van der Waals surface area contributed by atoms with Gasteiger partial charge in [0.15, 0.2) is 0 Å². The molecule has 1 rings (SSSR count). The minimum atomic E-state index is 0.736. The highest BCUT2D eigenvalue weighted by Crippen LogP contribution is 2.10. The summed E-state index contributed by atoms with van der Waals surface area (Å²) >= 11 is 0. The Kier molecular flexibility index (Phi) is 8.62. The molecule has 114 valence electrons. The Morgan fingerprint density at radius 3 is 2.58 bits per heavy atom. The highest BCUT2D eigenvalue weighted by molar-refractivity contribution is 4.68. The molecule has 1 aliphatic rings. The molecule has 0 aliphatic carbocycles. The number of hydrogen-bond donors (Lipinski definition) is 1. The highest BCUT2D eigenvalue weighted by atomic mass is 16.5. The lowest BCUT2D eigenvalue weighted by atomic mass is 10.1. The molecule has 0 amide bonds. The van der Waals surface area contributed by atoms with Crippen molar-refractivity contribution in [1.29, 1.82) is 0 Å². The van der Waals surface area contributed by atoms with Crippen molar-refractivity contribution in [2.45, 2.75) is 20.3 Å². The second-order valence-corrected chi connectivity index (χ2v) is 6.43. The molecule has 1 saturated heterocycles. The van der Waals surface area contributed by atoms with Crippen molar-refractivity contribution >= 4 is 0 Å². The molecule has 1 fully saturated rings. The first kappa shape index (κ1) is 16.9. The first-order valence-electron chi connectivity index (χ1n) is 7.73. The number of nitrogens with zero attached hydrogens (tertiary/aromatic N) is 2. The van der Waals surface area contributed by atoms with E-state index < -0.39 is 0 Å². The van der Waals surface area contributed by atoms with Crippen molar-refractivity contribution in [1.82, 2.24) is 15.1 Å². The van der Waals surface area contributed by atoms with Crippen LogP contribution in [0.3, 0.4) is 0 Å². The van der Waals surface area contributed by atoms with Crippen LogP contribution in [0.25, 0.3) is 0 Å². The Hall–Kier alpha value is -0.160. The monoisotopic (exact) mass is 271 g/mol. The molecule has 1 N–H and O–H groups in total. The van der Waals surface area contributed by atoms with E-state index >= 15 is 0 Å². The Labute approximate surface area is 119 Å². The molecule has 1 unspecified atom stereocenters. The molecule has 0 spiro atoms. The fourth-order valence-corrected chi connectivity index (χ4v) is 2.44. The third-order valence-corrected chi connectivity index (χ3v) is 3.55. The molecule has 0 radical (unpaired) electrons. The lowest BCUT2D eigenvalue weighted by Gasteiger charge is -2.26. The largest absolute Gasteiger partial charge is 0.381 e. The summed E-state index contributed by atoms with van der Waals surface area (Å²) in [6, 6.07) is 0. The number of likely N-dealkylation sites (N-methyl/N-ethyl adjacent to an activating group) is 1. The second kappa shape index (κ2) is 9.70. The molecule has 4 nitrogen and oxygen atoms in total. The van der Waals surface area contributed by atoms with Crippen molar-refractivity contribution in [3.8, 4) is 0 Å². The lowest BCUT2D eigenvalue weighted by molar-refractivity contribution is 0.184. The van der Waals surface area contributed by atoms with E-state index in [9.17, 15) is 0 Å². The first-order valence-corrected chi connectivity index (χ1v) is 7.73. The zero-order valence-corrected chi connectivity index (χ0v) is 13.3. The topological polar surface area (TPSA) is 27.7 Å². The average molecular weight is 271 g/mol. The fraction of sp³-hybridized carbons (Fsp3) is 1.00. The van der Waals surface area contributed by atoms with Gasteiger partial charge in [-0.2, -0.15) is 0 Å². The van der Waals surface area contributed by atoms with Crippen molar-refractivity contribution < 1.29 is 4.74 Å². The summed E-state index contributed by atoms with van der Waals surface area (Å²) in [4.78, 5) is 4.83. The summed E-state index contributed by atoms with van der Waals surface area (Å²) in [5.41, 5.74) is 0. The van der Waals surface area contributed by atoms with E-state index in [2.05, 4.69) is 43.1 Å². The predicted octanol–water partition coefficient (Wildman–Crippen LogP) is 1.13. The van der Waals surface area contributed by atoms with E-state index in [1.54, 1.807) is 0 Å². The Morgan fingerprint density at radius 1 is 1.21 bits per heavy atom. The van der Waals surface area contributed by atoms with Crippen LogP contribution in [0, 0.1) is 11.8 Å². The smallest absolute Gasteiger partial charge is 0.0507 e. The highest BCUT2D eigenvalue weighted by Gasteiger charge is 2.15. The van der Waals surface area contributed by atoms with Crippen LogP contribution < -0.4 is 5.32 Å². The fourth-order valence-electron chi connectivity index (χ4n) is 2.44. The Morgan fingerprint density at radius 2 is 2.00 bits per heavy atom. The van der Waals surface area contributed by atoms with Gasteiger partial charge in [-0.05, 0) is 32.4 Å². The molecule has 4 heteroatoms. The Bertz CT molecular complexity index is 215. The zero-order chi connectivity index (χ0) is 14.1. The van der Waals surface area contributed by atoms with Gasteiger partial charge in [-0.1, -0.05) is 13.8 Å². The molecule has 0 bridgehead atoms. The first-order chi connectivity index (χ1) is 9.08. The summed E-state index contributed by atoms with van der Waals surface area (Å²) in [6.45, 7) is 13.4. The van der Waals surface area contributed by atoms with Crippen LogP contribution in [0.1, 0.15) is 20.3 Å². The summed E-state index contributed by atoms with van der Waals surface area (Å²) in [6.07, 6.45) is 1.23. The molecule has 0 saturated carbocycles. The number of rotatable bonds is 10. The molecular formula is C15H33N3O. The lowest BCUT2D eigenvalue weighted by Crippen LogP contribution is -2.39. The minimum absolute atomic E-state index is 0.736. The van der Waals surface area contributed by atoms with Crippen LogP contribution in [0.4, 0.5) is 0 Å². The summed E-state index contributed by atoms with van der Waals surface area (Å²) in [5.74, 6) is 1.48. The average Bonchev–Trinajstić information content (AvgIpc) is 2.83. The summed E-state index contributed by atoms with van der Waals surface area (Å²) < 4.78 is 5.40. The predicted molar refractivity (Wildman–Crippen MR) is 81.6 cm³/mol. The van der Waals surface area contributed by atoms with Crippen LogP contribution in [-0.2, 0) is 4.74 Å². The molecule has 19 heavy (non-hydrogen) atoms. The van der Waals surface area contributed by atoms with E-state index in [0.29, 0.717) is 0 Å². The van der Waals surface area contributed by atoms with Crippen LogP contribution >= 0.6 is 0 Å². The number of hydrogen-bond acceptors (Lipinski definition) is 4. The van der Waals surface area contributed by atoms with Crippen molar-refractivity contribution in [3.63, 3.8) is 0 Å². The molecule has 0 aromatic heterocycles. The number of nitrogens with one attached hydrogen (secondary N) is 1. The van der Waals surface area contributed by atoms with E-state index in [1.165, 1.54) is 19.5 Å². The quantitative estimate of drug-likeness (QED) is 0.603. The van der Waals surface area contributed by atoms with E-state index in [1.807, 2.05) is 0 Å². The van der Waals surface area contributed by atoms with Gasteiger partial charge in [-0.25, -0.2) is 0 Å². The van der Waals surface area contributed by atoms with Gasteiger partial charge in [0.1, 0.15) is 0 Å². The van der Waals surface area contributed by atoms with Crippen molar-refractivity contribution in [2.24, 2.45) is 11.8 Å². The van der Waals surface area contributed by atoms with E-state index in [0.717, 1.165) is 51.2 Å².